The van der Waals surface area contributed by atoms with Crippen molar-refractivity contribution in [2.45, 2.75) is 25.7 Å². The van der Waals surface area contributed by atoms with Gasteiger partial charge in [0, 0.05) is 13.1 Å². The van der Waals surface area contributed by atoms with E-state index in [0.29, 0.717) is 37.2 Å². The summed E-state index contributed by atoms with van der Waals surface area (Å²) in [6.07, 6.45) is 4.13. The fourth-order valence-corrected chi connectivity index (χ4v) is 4.17. The van der Waals surface area contributed by atoms with Gasteiger partial charge in [-0.3, -0.25) is 0 Å². The van der Waals surface area contributed by atoms with E-state index in [2.05, 4.69) is 0 Å². The number of sulfonamides is 1. The highest BCUT2D eigenvalue weighted by molar-refractivity contribution is 7.89. The van der Waals surface area contributed by atoms with Crippen LogP contribution in [-0.4, -0.2) is 38.1 Å². The second-order valence-corrected chi connectivity index (χ2v) is 6.83. The minimum absolute atomic E-state index is 0.377. The highest BCUT2D eigenvalue weighted by Gasteiger charge is 2.35. The topological polar surface area (TPSA) is 63.4 Å². The maximum atomic E-state index is 11.9. The van der Waals surface area contributed by atoms with Crippen molar-refractivity contribution in [3.63, 3.8) is 0 Å². The zero-order chi connectivity index (χ0) is 10.9. The summed E-state index contributed by atoms with van der Waals surface area (Å²) in [6, 6.07) is 0. The van der Waals surface area contributed by atoms with Crippen molar-refractivity contribution >= 4 is 10.0 Å². The summed E-state index contributed by atoms with van der Waals surface area (Å²) in [7, 11) is -2.96. The molecule has 0 spiro atoms. The normalized spacial score (nSPS) is 28.5. The van der Waals surface area contributed by atoms with Gasteiger partial charge in [0.1, 0.15) is 0 Å². The van der Waals surface area contributed by atoms with Gasteiger partial charge in [-0.1, -0.05) is 0 Å². The molecular weight excluding hydrogens is 212 g/mol. The zero-order valence-electron chi connectivity index (χ0n) is 9.06. The van der Waals surface area contributed by atoms with Crippen molar-refractivity contribution in [3.8, 4) is 0 Å². The molecule has 2 aliphatic rings. The van der Waals surface area contributed by atoms with Crippen LogP contribution in [0.1, 0.15) is 25.7 Å². The van der Waals surface area contributed by atoms with Crippen LogP contribution >= 0.6 is 0 Å². The van der Waals surface area contributed by atoms with Gasteiger partial charge in [-0.15, -0.1) is 0 Å². The second-order valence-electron chi connectivity index (χ2n) is 4.81. The lowest BCUT2D eigenvalue weighted by Crippen LogP contribution is -2.31. The summed E-state index contributed by atoms with van der Waals surface area (Å²) >= 11 is 0. The first kappa shape index (κ1) is 11.4. The molecule has 2 rings (SSSR count). The molecule has 1 aliphatic carbocycles. The van der Waals surface area contributed by atoms with Crippen molar-refractivity contribution in [3.05, 3.63) is 0 Å². The second kappa shape index (κ2) is 4.39. The number of hydrogen-bond acceptors (Lipinski definition) is 3. The SMILES string of the molecule is NCCC1CCN(S(=O)(=O)CC2CC2)C1. The molecule has 88 valence electrons. The van der Waals surface area contributed by atoms with E-state index in [4.69, 9.17) is 5.73 Å². The quantitative estimate of drug-likeness (QED) is 0.746. The molecule has 2 N–H and O–H groups in total. The molecule has 4 nitrogen and oxygen atoms in total. The van der Waals surface area contributed by atoms with Gasteiger partial charge in [0.25, 0.3) is 0 Å². The van der Waals surface area contributed by atoms with E-state index >= 15 is 0 Å². The van der Waals surface area contributed by atoms with Crippen molar-refractivity contribution in [1.82, 2.24) is 4.31 Å². The van der Waals surface area contributed by atoms with Gasteiger partial charge in [-0.25, -0.2) is 12.7 Å². The third-order valence-corrected chi connectivity index (χ3v) is 5.37. The molecule has 15 heavy (non-hydrogen) atoms. The van der Waals surface area contributed by atoms with Gasteiger partial charge in [-0.2, -0.15) is 0 Å². The lowest BCUT2D eigenvalue weighted by atomic mass is 10.1. The first-order chi connectivity index (χ1) is 7.12. The highest BCUT2D eigenvalue weighted by atomic mass is 32.2. The molecule has 1 aliphatic heterocycles. The van der Waals surface area contributed by atoms with Gasteiger partial charge >= 0.3 is 0 Å². The fourth-order valence-electron chi connectivity index (χ4n) is 2.21. The number of nitrogens with two attached hydrogens (primary N) is 1. The zero-order valence-corrected chi connectivity index (χ0v) is 9.88. The predicted octanol–water partition coefficient (Wildman–Crippen LogP) is 0.397. The van der Waals surface area contributed by atoms with Gasteiger partial charge in [0.15, 0.2) is 0 Å². The molecule has 1 saturated heterocycles. The van der Waals surface area contributed by atoms with Crippen LogP contribution in [0.4, 0.5) is 0 Å². The van der Waals surface area contributed by atoms with Crippen molar-refractivity contribution in [1.29, 1.82) is 0 Å². The van der Waals surface area contributed by atoms with Crippen molar-refractivity contribution < 1.29 is 8.42 Å². The molecule has 0 radical (unpaired) electrons. The first-order valence-corrected chi connectivity index (χ1v) is 7.40. The average Bonchev–Trinajstić information content (AvgIpc) is 2.82. The van der Waals surface area contributed by atoms with Crippen LogP contribution in [0, 0.1) is 11.8 Å². The standard InChI is InChI=1S/C10H20N2O2S/c11-5-3-9-4-6-12(7-9)15(13,14)8-10-1-2-10/h9-10H,1-8,11H2. The third kappa shape index (κ3) is 2.92. The molecule has 0 aromatic heterocycles. The van der Waals surface area contributed by atoms with Crippen LogP contribution in [0.25, 0.3) is 0 Å². The van der Waals surface area contributed by atoms with Crippen LogP contribution in [-0.2, 0) is 10.0 Å². The summed E-state index contributed by atoms with van der Waals surface area (Å²) in [5.74, 6) is 1.31. The molecule has 0 aromatic rings. The molecule has 0 bridgehead atoms. The minimum Gasteiger partial charge on any atom is -0.330 e. The fraction of sp³-hybridized carbons (Fsp3) is 1.00. The predicted molar refractivity (Wildman–Crippen MR) is 59.9 cm³/mol. The van der Waals surface area contributed by atoms with Crippen LogP contribution in [0.2, 0.25) is 0 Å². The lowest BCUT2D eigenvalue weighted by molar-refractivity contribution is 0.447. The smallest absolute Gasteiger partial charge is 0.214 e. The maximum Gasteiger partial charge on any atom is 0.214 e. The summed E-state index contributed by atoms with van der Waals surface area (Å²) < 4.78 is 25.5. The Balaban J connectivity index is 1.88. The van der Waals surface area contributed by atoms with Crippen LogP contribution in [0.3, 0.4) is 0 Å². The van der Waals surface area contributed by atoms with E-state index in [9.17, 15) is 8.42 Å². The average molecular weight is 232 g/mol. The van der Waals surface area contributed by atoms with E-state index in [1.165, 1.54) is 0 Å². The monoisotopic (exact) mass is 232 g/mol. The Labute approximate surface area is 91.9 Å². The van der Waals surface area contributed by atoms with E-state index < -0.39 is 10.0 Å². The number of hydrogen-bond donors (Lipinski definition) is 1. The minimum atomic E-state index is -2.96. The summed E-state index contributed by atoms with van der Waals surface area (Å²) in [6.45, 7) is 2.08. The summed E-state index contributed by atoms with van der Waals surface area (Å²) in [5, 5.41) is 0. The summed E-state index contributed by atoms with van der Waals surface area (Å²) in [5.41, 5.74) is 5.49. The summed E-state index contributed by atoms with van der Waals surface area (Å²) in [4.78, 5) is 0. The third-order valence-electron chi connectivity index (χ3n) is 3.36. The highest BCUT2D eigenvalue weighted by Crippen LogP contribution is 2.32. The Morgan fingerprint density at radius 3 is 2.53 bits per heavy atom. The molecule has 1 unspecified atom stereocenters. The Morgan fingerprint density at radius 2 is 1.93 bits per heavy atom. The first-order valence-electron chi connectivity index (χ1n) is 5.79. The van der Waals surface area contributed by atoms with E-state index in [-0.39, 0.29) is 0 Å². The Hall–Kier alpha value is -0.130. The molecule has 0 aromatic carbocycles. The molecule has 2 fully saturated rings. The molecule has 5 heteroatoms. The van der Waals surface area contributed by atoms with E-state index in [1.54, 1.807) is 4.31 Å². The molecule has 1 saturated carbocycles. The van der Waals surface area contributed by atoms with Crippen LogP contribution in [0.5, 0.6) is 0 Å². The largest absolute Gasteiger partial charge is 0.330 e. The van der Waals surface area contributed by atoms with Crippen LogP contribution in [0.15, 0.2) is 0 Å². The lowest BCUT2D eigenvalue weighted by Gasteiger charge is -2.16. The van der Waals surface area contributed by atoms with Crippen LogP contribution < -0.4 is 5.73 Å². The molecule has 1 heterocycles. The van der Waals surface area contributed by atoms with E-state index in [0.717, 1.165) is 25.7 Å². The van der Waals surface area contributed by atoms with Crippen molar-refractivity contribution in [2.24, 2.45) is 17.6 Å². The van der Waals surface area contributed by atoms with Gasteiger partial charge < -0.3 is 5.73 Å². The Kier molecular flexibility index (Phi) is 3.33. The number of nitrogens with zero attached hydrogens (tertiary/aromatic N) is 1. The van der Waals surface area contributed by atoms with Gasteiger partial charge in [0.05, 0.1) is 5.75 Å². The van der Waals surface area contributed by atoms with Gasteiger partial charge in [-0.05, 0) is 44.1 Å². The maximum absolute atomic E-state index is 11.9. The Bertz CT molecular complexity index is 311. The Morgan fingerprint density at radius 1 is 1.20 bits per heavy atom. The number of rotatable bonds is 5. The molecular formula is C10H20N2O2S. The molecule has 1 atom stereocenters. The van der Waals surface area contributed by atoms with Crippen molar-refractivity contribution in [2.75, 3.05) is 25.4 Å². The van der Waals surface area contributed by atoms with E-state index in [1.807, 2.05) is 0 Å². The van der Waals surface area contributed by atoms with Gasteiger partial charge in [0.2, 0.25) is 10.0 Å². The molecule has 0 amide bonds.